The molecule has 5 unspecified atom stereocenters. The van der Waals surface area contributed by atoms with Crippen molar-refractivity contribution in [3.05, 3.63) is 22.5 Å². The maximum atomic E-state index is 11.0. The van der Waals surface area contributed by atoms with Crippen molar-refractivity contribution in [2.24, 2.45) is 0 Å². The zero-order chi connectivity index (χ0) is 21.7. The average molecular weight is 423 g/mol. The van der Waals surface area contributed by atoms with Crippen LogP contribution >= 0.6 is 0 Å². The lowest BCUT2D eigenvalue weighted by atomic mass is 9.99. The van der Waals surface area contributed by atoms with Crippen LogP contribution in [0.25, 0.3) is 0 Å². The number of hydrogen-bond acceptors (Lipinski definition) is 12. The highest BCUT2D eigenvalue weighted by Gasteiger charge is 2.47. The normalized spacial score (nSPS) is 29.3. The molecule has 0 aliphatic carbocycles. The SMILES string of the molecule is O=C(O)C1OC(OC[C@H](O)[C@@H](CO)OCn2ccnc2[N+](=O)[O-])C(O)C(O)C1O. The van der Waals surface area contributed by atoms with Gasteiger partial charge in [0.25, 0.3) is 0 Å². The Bertz CT molecular complexity index is 699. The first kappa shape index (κ1) is 23.0. The van der Waals surface area contributed by atoms with Crippen molar-refractivity contribution in [1.29, 1.82) is 0 Å². The van der Waals surface area contributed by atoms with E-state index in [1.165, 1.54) is 6.20 Å². The van der Waals surface area contributed by atoms with Gasteiger partial charge in [0.1, 0.15) is 42.9 Å². The summed E-state index contributed by atoms with van der Waals surface area (Å²) >= 11 is 0. The Morgan fingerprint density at radius 3 is 2.62 bits per heavy atom. The monoisotopic (exact) mass is 423 g/mol. The maximum Gasteiger partial charge on any atom is 0.436 e. The Hall–Kier alpha value is -2.24. The molecule has 0 saturated carbocycles. The third-order valence-electron chi connectivity index (χ3n) is 4.14. The molecular weight excluding hydrogens is 402 g/mol. The fourth-order valence-corrected chi connectivity index (χ4v) is 2.53. The van der Waals surface area contributed by atoms with Crippen LogP contribution in [0.3, 0.4) is 0 Å². The number of aliphatic hydroxyl groups excluding tert-OH is 5. The number of aliphatic carboxylic acids is 1. The zero-order valence-corrected chi connectivity index (χ0v) is 14.8. The van der Waals surface area contributed by atoms with Crippen molar-refractivity contribution in [2.45, 2.75) is 49.6 Å². The van der Waals surface area contributed by atoms with Gasteiger partial charge in [0.05, 0.1) is 13.2 Å². The van der Waals surface area contributed by atoms with E-state index in [-0.39, 0.29) is 0 Å². The van der Waals surface area contributed by atoms with Crippen molar-refractivity contribution in [3.63, 3.8) is 0 Å². The van der Waals surface area contributed by atoms with Crippen LogP contribution in [0.5, 0.6) is 0 Å². The van der Waals surface area contributed by atoms with E-state index in [2.05, 4.69) is 4.98 Å². The number of hydrogen-bond donors (Lipinski definition) is 6. The molecule has 164 valence electrons. The van der Waals surface area contributed by atoms with Crippen molar-refractivity contribution in [3.8, 4) is 0 Å². The van der Waals surface area contributed by atoms with E-state index >= 15 is 0 Å². The quantitative estimate of drug-likeness (QED) is 0.158. The van der Waals surface area contributed by atoms with Crippen molar-refractivity contribution >= 4 is 11.9 Å². The lowest BCUT2D eigenvalue weighted by molar-refractivity contribution is -0.397. The number of carboxylic acids is 1. The number of nitro groups is 1. The molecule has 1 aromatic heterocycles. The number of ether oxygens (including phenoxy) is 3. The van der Waals surface area contributed by atoms with Gasteiger partial charge in [0, 0.05) is 0 Å². The van der Waals surface area contributed by atoms with Crippen LogP contribution in [0.2, 0.25) is 0 Å². The Balaban J connectivity index is 1.91. The number of nitrogens with zero attached hydrogens (tertiary/aromatic N) is 3. The van der Waals surface area contributed by atoms with Crippen LogP contribution in [0.1, 0.15) is 0 Å². The molecule has 6 N–H and O–H groups in total. The maximum absolute atomic E-state index is 11.0. The first-order valence-electron chi connectivity index (χ1n) is 8.27. The summed E-state index contributed by atoms with van der Waals surface area (Å²) < 4.78 is 16.2. The van der Waals surface area contributed by atoms with Crippen molar-refractivity contribution in [2.75, 3.05) is 13.2 Å². The third-order valence-corrected chi connectivity index (χ3v) is 4.14. The second-order valence-corrected chi connectivity index (χ2v) is 6.11. The second kappa shape index (κ2) is 9.99. The van der Waals surface area contributed by atoms with Crippen LogP contribution in [0.15, 0.2) is 12.4 Å². The van der Waals surface area contributed by atoms with Gasteiger partial charge in [-0.15, -0.1) is 0 Å². The Labute approximate surface area is 162 Å². The van der Waals surface area contributed by atoms with Crippen LogP contribution in [-0.4, -0.2) is 107 Å². The first-order valence-corrected chi connectivity index (χ1v) is 8.27. The Morgan fingerprint density at radius 2 is 2.03 bits per heavy atom. The highest BCUT2D eigenvalue weighted by molar-refractivity contribution is 5.73. The van der Waals surface area contributed by atoms with Gasteiger partial charge in [-0.3, -0.25) is 0 Å². The van der Waals surface area contributed by atoms with Gasteiger partial charge in [-0.1, -0.05) is 4.98 Å². The Kier molecular flexibility index (Phi) is 7.94. The number of aromatic nitrogens is 2. The van der Waals surface area contributed by atoms with Crippen LogP contribution in [-0.2, 0) is 25.7 Å². The summed E-state index contributed by atoms with van der Waals surface area (Å²) in [6.07, 6.45) is -9.54. The van der Waals surface area contributed by atoms with E-state index in [0.29, 0.717) is 0 Å². The molecule has 29 heavy (non-hydrogen) atoms. The van der Waals surface area contributed by atoms with Crippen molar-refractivity contribution in [1.82, 2.24) is 9.55 Å². The fourth-order valence-electron chi connectivity index (χ4n) is 2.53. The topological polar surface area (TPSA) is 227 Å². The van der Waals surface area contributed by atoms with Gasteiger partial charge >= 0.3 is 11.9 Å². The number of rotatable bonds is 10. The van der Waals surface area contributed by atoms with Crippen LogP contribution in [0.4, 0.5) is 5.95 Å². The molecular formula is C14H21N3O12. The van der Waals surface area contributed by atoms with Gasteiger partial charge in [-0.25, -0.2) is 9.36 Å². The molecule has 1 aliphatic heterocycles. The molecule has 0 bridgehead atoms. The predicted octanol–water partition coefficient (Wildman–Crippen LogP) is -3.60. The predicted molar refractivity (Wildman–Crippen MR) is 87.1 cm³/mol. The lowest BCUT2D eigenvalue weighted by Gasteiger charge is -2.38. The van der Waals surface area contributed by atoms with Crippen molar-refractivity contribution < 1.29 is 54.6 Å². The number of imidazole rings is 1. The summed E-state index contributed by atoms with van der Waals surface area (Å²) in [5.74, 6) is -2.12. The van der Waals surface area contributed by atoms with E-state index in [1.807, 2.05) is 0 Å². The molecule has 15 heteroatoms. The summed E-state index contributed by atoms with van der Waals surface area (Å²) in [7, 11) is 0. The highest BCUT2D eigenvalue weighted by Crippen LogP contribution is 2.23. The molecule has 1 aromatic rings. The molecule has 0 aromatic carbocycles. The molecule has 2 rings (SSSR count). The minimum Gasteiger partial charge on any atom is -0.479 e. The second-order valence-electron chi connectivity index (χ2n) is 6.11. The van der Waals surface area contributed by atoms with Gasteiger partial charge in [-0.05, 0) is 4.92 Å². The number of carboxylic acid groups (broad SMARTS) is 1. The zero-order valence-electron chi connectivity index (χ0n) is 14.8. The van der Waals surface area contributed by atoms with Gasteiger partial charge in [-0.2, -0.15) is 0 Å². The molecule has 1 aliphatic rings. The van der Waals surface area contributed by atoms with E-state index < -0.39 is 79.7 Å². The van der Waals surface area contributed by atoms with E-state index in [9.17, 15) is 40.4 Å². The smallest absolute Gasteiger partial charge is 0.436 e. The third kappa shape index (κ3) is 5.43. The minimum absolute atomic E-state index is 0.423. The Morgan fingerprint density at radius 1 is 1.34 bits per heavy atom. The molecule has 0 radical (unpaired) electrons. The van der Waals surface area contributed by atoms with Gasteiger partial charge in [0.15, 0.2) is 19.1 Å². The van der Waals surface area contributed by atoms with E-state index in [4.69, 9.17) is 19.3 Å². The minimum atomic E-state index is -1.90. The summed E-state index contributed by atoms with van der Waals surface area (Å²) in [5, 5.41) is 68.3. The van der Waals surface area contributed by atoms with Crippen LogP contribution < -0.4 is 0 Å². The molecule has 7 atom stereocenters. The molecule has 2 heterocycles. The molecule has 1 saturated heterocycles. The highest BCUT2D eigenvalue weighted by atomic mass is 16.7. The molecule has 0 spiro atoms. The summed E-state index contributed by atoms with van der Waals surface area (Å²) in [6, 6.07) is 0. The molecule has 0 amide bonds. The fraction of sp³-hybridized carbons (Fsp3) is 0.714. The summed E-state index contributed by atoms with van der Waals surface area (Å²) in [5.41, 5.74) is 0. The average Bonchev–Trinajstić information content (AvgIpc) is 3.14. The number of aliphatic hydroxyl groups is 5. The molecule has 15 nitrogen and oxygen atoms in total. The first-order chi connectivity index (χ1) is 13.7. The largest absolute Gasteiger partial charge is 0.479 e. The van der Waals surface area contributed by atoms with E-state index in [1.54, 1.807) is 0 Å². The summed E-state index contributed by atoms with van der Waals surface area (Å²) in [4.78, 5) is 24.6. The van der Waals surface area contributed by atoms with Gasteiger partial charge in [0.2, 0.25) is 0 Å². The van der Waals surface area contributed by atoms with E-state index in [0.717, 1.165) is 10.8 Å². The summed E-state index contributed by atoms with van der Waals surface area (Å²) in [6.45, 7) is -1.76. The standard InChI is InChI=1S/C14H21N3O12/c18-3-7(28-5-16-2-1-15-14(16)17(25)26)6(19)4-27-13-10(22)8(20)9(21)11(29-13)12(23)24/h1-2,6-11,13,18-22H,3-5H2,(H,23,24)/t6-,7+,8?,9?,10?,11?,13?/m0/s1. The number of carbonyl (C=O) groups is 1. The lowest BCUT2D eigenvalue weighted by Crippen LogP contribution is -2.60. The van der Waals surface area contributed by atoms with Gasteiger partial charge < -0.3 is 55.0 Å². The van der Waals surface area contributed by atoms with Crippen LogP contribution in [0, 0.1) is 10.1 Å². The molecule has 1 fully saturated rings.